The second kappa shape index (κ2) is 3.05. The topological polar surface area (TPSA) is 0 Å². The summed E-state index contributed by atoms with van der Waals surface area (Å²) >= 11 is 0. The standard InChI is InChI=1S/C9H16/c1-3-4-5-9-7-6-8(9)2/h3-7H2,1-2H3. The molecule has 0 radical (unpaired) electrons. The van der Waals surface area contributed by atoms with Crippen molar-refractivity contribution in [3.8, 4) is 0 Å². The molecule has 52 valence electrons. The monoisotopic (exact) mass is 124 g/mol. The Labute approximate surface area is 58.0 Å². The highest BCUT2D eigenvalue weighted by atomic mass is 14.2. The zero-order chi connectivity index (χ0) is 6.69. The maximum Gasteiger partial charge on any atom is -0.0280 e. The van der Waals surface area contributed by atoms with Crippen LogP contribution in [0, 0.1) is 0 Å². The van der Waals surface area contributed by atoms with Gasteiger partial charge in [0.15, 0.2) is 0 Å². The van der Waals surface area contributed by atoms with E-state index in [0.717, 1.165) is 0 Å². The Morgan fingerprint density at radius 2 is 2.11 bits per heavy atom. The van der Waals surface area contributed by atoms with Gasteiger partial charge in [-0.25, -0.2) is 0 Å². The molecule has 0 spiro atoms. The minimum atomic E-state index is 1.34. The molecule has 0 aromatic heterocycles. The summed E-state index contributed by atoms with van der Waals surface area (Å²) in [6, 6.07) is 0. The lowest BCUT2D eigenvalue weighted by molar-refractivity contribution is 0.684. The molecule has 9 heavy (non-hydrogen) atoms. The van der Waals surface area contributed by atoms with E-state index in [9.17, 15) is 0 Å². The van der Waals surface area contributed by atoms with E-state index < -0.39 is 0 Å². The average Bonchev–Trinajstić information content (AvgIpc) is 1.86. The van der Waals surface area contributed by atoms with Gasteiger partial charge in [0.05, 0.1) is 0 Å². The van der Waals surface area contributed by atoms with Crippen LogP contribution in [0.1, 0.15) is 46.0 Å². The summed E-state index contributed by atoms with van der Waals surface area (Å²) in [5.41, 5.74) is 3.42. The summed E-state index contributed by atoms with van der Waals surface area (Å²) in [6.45, 7) is 4.53. The first kappa shape index (κ1) is 6.85. The molecular weight excluding hydrogens is 108 g/mol. The molecule has 0 atom stereocenters. The molecule has 0 saturated carbocycles. The van der Waals surface area contributed by atoms with Crippen LogP contribution in [0.3, 0.4) is 0 Å². The molecule has 0 heteroatoms. The minimum Gasteiger partial charge on any atom is -0.0738 e. The molecule has 0 saturated heterocycles. The summed E-state index contributed by atoms with van der Waals surface area (Å²) in [7, 11) is 0. The summed E-state index contributed by atoms with van der Waals surface area (Å²) < 4.78 is 0. The van der Waals surface area contributed by atoms with Gasteiger partial charge in [-0.15, -0.1) is 0 Å². The second-order valence-corrected chi connectivity index (χ2v) is 2.99. The Balaban J connectivity index is 2.20. The summed E-state index contributed by atoms with van der Waals surface area (Å²) in [4.78, 5) is 0. The molecule has 0 N–H and O–H groups in total. The van der Waals surface area contributed by atoms with Gasteiger partial charge in [-0.2, -0.15) is 0 Å². The van der Waals surface area contributed by atoms with Crippen LogP contribution in [0.5, 0.6) is 0 Å². The largest absolute Gasteiger partial charge is 0.0738 e. The number of allylic oxidation sites excluding steroid dienone is 2. The first-order chi connectivity index (χ1) is 4.34. The summed E-state index contributed by atoms with van der Waals surface area (Å²) in [5, 5.41) is 0. The quantitative estimate of drug-likeness (QED) is 0.506. The van der Waals surface area contributed by atoms with Gasteiger partial charge in [-0.05, 0) is 32.6 Å². The van der Waals surface area contributed by atoms with Crippen LogP contribution >= 0.6 is 0 Å². The van der Waals surface area contributed by atoms with Crippen molar-refractivity contribution in [1.29, 1.82) is 0 Å². The molecule has 1 aliphatic carbocycles. The van der Waals surface area contributed by atoms with Crippen LogP contribution in [0.25, 0.3) is 0 Å². The maximum atomic E-state index is 2.27. The van der Waals surface area contributed by atoms with E-state index in [4.69, 9.17) is 0 Å². The molecular formula is C9H16. The lowest BCUT2D eigenvalue weighted by Gasteiger charge is -2.20. The van der Waals surface area contributed by atoms with Gasteiger partial charge in [-0.3, -0.25) is 0 Å². The Morgan fingerprint density at radius 1 is 1.33 bits per heavy atom. The smallest absolute Gasteiger partial charge is 0.0280 e. The molecule has 0 nitrogen and oxygen atoms in total. The summed E-state index contributed by atoms with van der Waals surface area (Å²) in [6.07, 6.45) is 6.89. The minimum absolute atomic E-state index is 1.34. The van der Waals surface area contributed by atoms with E-state index in [1.807, 2.05) is 0 Å². The highest BCUT2D eigenvalue weighted by molar-refractivity contribution is 5.21. The van der Waals surface area contributed by atoms with Crippen LogP contribution in [0.4, 0.5) is 0 Å². The van der Waals surface area contributed by atoms with Crippen LogP contribution in [0.15, 0.2) is 11.1 Å². The van der Waals surface area contributed by atoms with Gasteiger partial charge in [0.1, 0.15) is 0 Å². The van der Waals surface area contributed by atoms with E-state index in [1.54, 1.807) is 11.1 Å². The highest BCUT2D eigenvalue weighted by Crippen LogP contribution is 2.30. The maximum absolute atomic E-state index is 2.27. The number of unbranched alkanes of at least 4 members (excludes halogenated alkanes) is 1. The summed E-state index contributed by atoms with van der Waals surface area (Å²) in [5.74, 6) is 0. The Kier molecular flexibility index (Phi) is 2.32. The fourth-order valence-electron chi connectivity index (χ4n) is 1.28. The van der Waals surface area contributed by atoms with Gasteiger partial charge >= 0.3 is 0 Å². The van der Waals surface area contributed by atoms with E-state index >= 15 is 0 Å². The van der Waals surface area contributed by atoms with Crippen molar-refractivity contribution in [2.45, 2.75) is 46.0 Å². The molecule has 0 bridgehead atoms. The third kappa shape index (κ3) is 1.57. The normalized spacial score (nSPS) is 18.0. The SMILES string of the molecule is CCCCC1=C(C)CC1. The van der Waals surface area contributed by atoms with Gasteiger partial charge in [0.2, 0.25) is 0 Å². The van der Waals surface area contributed by atoms with Crippen molar-refractivity contribution in [2.24, 2.45) is 0 Å². The number of rotatable bonds is 3. The van der Waals surface area contributed by atoms with Crippen molar-refractivity contribution >= 4 is 0 Å². The Hall–Kier alpha value is -0.260. The molecule has 0 amide bonds. The molecule has 0 aromatic carbocycles. The predicted octanol–water partition coefficient (Wildman–Crippen LogP) is 3.29. The average molecular weight is 124 g/mol. The molecule has 0 fully saturated rings. The van der Waals surface area contributed by atoms with E-state index in [2.05, 4.69) is 13.8 Å². The fourth-order valence-corrected chi connectivity index (χ4v) is 1.28. The van der Waals surface area contributed by atoms with Crippen LogP contribution in [-0.4, -0.2) is 0 Å². The second-order valence-electron chi connectivity index (χ2n) is 2.99. The van der Waals surface area contributed by atoms with E-state index in [1.165, 1.54) is 32.1 Å². The van der Waals surface area contributed by atoms with Crippen molar-refractivity contribution in [2.75, 3.05) is 0 Å². The van der Waals surface area contributed by atoms with E-state index in [0.29, 0.717) is 0 Å². The third-order valence-electron chi connectivity index (χ3n) is 2.24. The van der Waals surface area contributed by atoms with Gasteiger partial charge in [0.25, 0.3) is 0 Å². The molecule has 0 unspecified atom stereocenters. The van der Waals surface area contributed by atoms with Gasteiger partial charge < -0.3 is 0 Å². The fraction of sp³-hybridized carbons (Fsp3) is 0.778. The highest BCUT2D eigenvalue weighted by Gasteiger charge is 2.10. The molecule has 0 aliphatic heterocycles. The van der Waals surface area contributed by atoms with Gasteiger partial charge in [0, 0.05) is 0 Å². The predicted molar refractivity (Wildman–Crippen MR) is 41.5 cm³/mol. The molecule has 1 rings (SSSR count). The van der Waals surface area contributed by atoms with Gasteiger partial charge in [-0.1, -0.05) is 24.5 Å². The lowest BCUT2D eigenvalue weighted by atomic mass is 9.86. The number of hydrogen-bond donors (Lipinski definition) is 0. The van der Waals surface area contributed by atoms with Crippen LogP contribution < -0.4 is 0 Å². The van der Waals surface area contributed by atoms with Crippen molar-refractivity contribution in [3.05, 3.63) is 11.1 Å². The third-order valence-corrected chi connectivity index (χ3v) is 2.24. The van der Waals surface area contributed by atoms with Crippen LogP contribution in [0.2, 0.25) is 0 Å². The lowest BCUT2D eigenvalue weighted by Crippen LogP contribution is -2.00. The van der Waals surface area contributed by atoms with Crippen molar-refractivity contribution in [1.82, 2.24) is 0 Å². The number of hydrogen-bond acceptors (Lipinski definition) is 0. The Bertz CT molecular complexity index is 120. The Morgan fingerprint density at radius 3 is 2.44 bits per heavy atom. The molecule has 1 aliphatic rings. The van der Waals surface area contributed by atoms with Crippen molar-refractivity contribution < 1.29 is 0 Å². The van der Waals surface area contributed by atoms with Crippen LogP contribution in [-0.2, 0) is 0 Å². The van der Waals surface area contributed by atoms with Crippen molar-refractivity contribution in [3.63, 3.8) is 0 Å². The zero-order valence-electron chi connectivity index (χ0n) is 6.54. The molecule has 0 heterocycles. The van der Waals surface area contributed by atoms with E-state index in [-0.39, 0.29) is 0 Å². The first-order valence-corrected chi connectivity index (χ1v) is 4.02. The zero-order valence-corrected chi connectivity index (χ0v) is 6.54. The molecule has 0 aromatic rings. The first-order valence-electron chi connectivity index (χ1n) is 4.02.